The highest BCUT2D eigenvalue weighted by molar-refractivity contribution is 7.88. The van der Waals surface area contributed by atoms with Crippen LogP contribution < -0.4 is 10.6 Å². The average Bonchev–Trinajstić information content (AvgIpc) is 2.87. The van der Waals surface area contributed by atoms with Crippen molar-refractivity contribution in [2.75, 3.05) is 29.5 Å². The molecule has 37 heavy (non-hydrogen) atoms. The molecular formula is C25H28N6O4S2. The van der Waals surface area contributed by atoms with Gasteiger partial charge in [-0.2, -0.15) is 13.7 Å². The predicted molar refractivity (Wildman–Crippen MR) is 147 cm³/mol. The summed E-state index contributed by atoms with van der Waals surface area (Å²) in [6, 6.07) is 11.6. The Hall–Kier alpha value is -3.66. The van der Waals surface area contributed by atoms with Crippen LogP contribution >= 0.6 is 0 Å². The van der Waals surface area contributed by atoms with Gasteiger partial charge < -0.3 is 10.6 Å². The van der Waals surface area contributed by atoms with Gasteiger partial charge in [0, 0.05) is 46.0 Å². The van der Waals surface area contributed by atoms with Crippen molar-refractivity contribution in [2.45, 2.75) is 31.6 Å². The van der Waals surface area contributed by atoms with Crippen molar-refractivity contribution >= 4 is 54.7 Å². The zero-order valence-electron chi connectivity index (χ0n) is 20.6. The van der Waals surface area contributed by atoms with E-state index in [1.807, 2.05) is 0 Å². The summed E-state index contributed by atoms with van der Waals surface area (Å²) >= 11 is 0. The molecule has 1 atom stereocenters. The van der Waals surface area contributed by atoms with E-state index in [0.29, 0.717) is 58.2 Å². The van der Waals surface area contributed by atoms with Gasteiger partial charge in [-0.1, -0.05) is 44.2 Å². The number of nitriles is 1. The van der Waals surface area contributed by atoms with Crippen LogP contribution in [-0.2, 0) is 20.9 Å². The van der Waals surface area contributed by atoms with Crippen LogP contribution in [0.4, 0.5) is 23.0 Å². The molecule has 10 nitrogen and oxygen atoms in total. The molecule has 0 spiro atoms. The molecule has 194 valence electrons. The first-order chi connectivity index (χ1) is 17.7. The molecule has 0 fully saturated rings. The van der Waals surface area contributed by atoms with Gasteiger partial charge in [0.15, 0.2) is 5.82 Å². The van der Waals surface area contributed by atoms with Crippen molar-refractivity contribution in [3.05, 3.63) is 59.5 Å². The van der Waals surface area contributed by atoms with E-state index >= 15 is 0 Å². The first kappa shape index (κ1) is 27.9. The summed E-state index contributed by atoms with van der Waals surface area (Å²) in [5.41, 5.74) is 1.59. The third kappa shape index (κ3) is 6.76. The molecule has 0 aliphatic rings. The fourth-order valence-corrected chi connectivity index (χ4v) is 4.78. The molecular weight excluding hydrogens is 512 g/mol. The summed E-state index contributed by atoms with van der Waals surface area (Å²) in [6.45, 7) is 8.28. The van der Waals surface area contributed by atoms with Crippen molar-refractivity contribution in [2.24, 2.45) is 10.2 Å². The van der Waals surface area contributed by atoms with Crippen molar-refractivity contribution in [1.29, 1.82) is 5.26 Å². The molecule has 3 aromatic rings. The van der Waals surface area contributed by atoms with Crippen molar-refractivity contribution in [3.8, 4) is 6.07 Å². The fourth-order valence-electron chi connectivity index (χ4n) is 3.61. The Bertz CT molecular complexity index is 1510. The van der Waals surface area contributed by atoms with Gasteiger partial charge in [0.1, 0.15) is 22.5 Å². The van der Waals surface area contributed by atoms with Crippen LogP contribution in [0.5, 0.6) is 0 Å². The summed E-state index contributed by atoms with van der Waals surface area (Å²) in [5, 5.41) is 27.1. The lowest BCUT2D eigenvalue weighted by atomic mass is 10.1. The smallest absolute Gasteiger partial charge is 0.295 e. The highest BCUT2D eigenvalue weighted by atomic mass is 32.2. The standard InChI is InChI=1S/C25H28N6O4S2/c1-4-6-13-27-25-23(17(3)20(16-26)24(29-25)28-14-15-36(32)5-2)31-30-21-11-12-22(37(33,34)35)19-10-8-7-9-18(19)21/h5,7-12H,2,4,6,13-15H2,1,3H3,(H2,27,28,29)(H,33,34,35). The summed E-state index contributed by atoms with van der Waals surface area (Å²) in [6.07, 6.45) is 1.85. The van der Waals surface area contributed by atoms with E-state index in [9.17, 15) is 22.4 Å². The number of benzene rings is 2. The Morgan fingerprint density at radius 3 is 2.49 bits per heavy atom. The number of hydrogen-bond acceptors (Lipinski definition) is 9. The van der Waals surface area contributed by atoms with Gasteiger partial charge in [0.2, 0.25) is 0 Å². The molecule has 1 aromatic heterocycles. The van der Waals surface area contributed by atoms with Crippen molar-refractivity contribution in [1.82, 2.24) is 4.98 Å². The number of aromatic nitrogens is 1. The highest BCUT2D eigenvalue weighted by Gasteiger charge is 2.19. The lowest BCUT2D eigenvalue weighted by molar-refractivity contribution is 0.484. The van der Waals surface area contributed by atoms with Crippen molar-refractivity contribution in [3.63, 3.8) is 0 Å². The summed E-state index contributed by atoms with van der Waals surface area (Å²) in [7, 11) is -5.61. The van der Waals surface area contributed by atoms with Gasteiger partial charge in [-0.3, -0.25) is 8.76 Å². The number of fused-ring (bicyclic) bond motifs is 1. The lowest BCUT2D eigenvalue weighted by Gasteiger charge is -2.15. The second-order valence-corrected chi connectivity index (χ2v) is 10.9. The molecule has 0 saturated carbocycles. The average molecular weight is 541 g/mol. The third-order valence-corrected chi connectivity index (χ3v) is 7.42. The van der Waals surface area contributed by atoms with Gasteiger partial charge in [-0.25, -0.2) is 4.98 Å². The van der Waals surface area contributed by atoms with Crippen LogP contribution in [0, 0.1) is 18.3 Å². The van der Waals surface area contributed by atoms with Gasteiger partial charge in [0.05, 0.1) is 11.3 Å². The largest absolute Gasteiger partial charge is 0.368 e. The molecule has 2 aromatic carbocycles. The molecule has 0 bridgehead atoms. The minimum atomic E-state index is -4.43. The van der Waals surface area contributed by atoms with E-state index in [1.54, 1.807) is 31.2 Å². The maximum Gasteiger partial charge on any atom is 0.295 e. The van der Waals surface area contributed by atoms with Crippen LogP contribution in [0.15, 0.2) is 63.5 Å². The second kappa shape index (κ2) is 12.5. The first-order valence-electron chi connectivity index (χ1n) is 11.5. The molecule has 1 unspecified atom stereocenters. The number of nitrogens with zero attached hydrogens (tertiary/aromatic N) is 4. The van der Waals surface area contributed by atoms with Gasteiger partial charge in [-0.05, 0) is 30.9 Å². The van der Waals surface area contributed by atoms with E-state index < -0.39 is 20.9 Å². The molecule has 1 heterocycles. The van der Waals surface area contributed by atoms with Crippen molar-refractivity contribution < 1.29 is 17.2 Å². The molecule has 0 amide bonds. The maximum absolute atomic E-state index is 11.8. The molecule has 3 rings (SSSR count). The van der Waals surface area contributed by atoms with E-state index in [-0.39, 0.29) is 10.5 Å². The molecule has 12 heteroatoms. The normalized spacial score (nSPS) is 12.4. The summed E-state index contributed by atoms with van der Waals surface area (Å²) in [4.78, 5) is 4.36. The zero-order chi connectivity index (χ0) is 27.0. The number of anilines is 2. The zero-order valence-corrected chi connectivity index (χ0v) is 22.2. The summed E-state index contributed by atoms with van der Waals surface area (Å²) in [5.74, 6) is 1.10. The lowest BCUT2D eigenvalue weighted by Crippen LogP contribution is -2.14. The van der Waals surface area contributed by atoms with Crippen LogP contribution in [0.25, 0.3) is 10.8 Å². The van der Waals surface area contributed by atoms with Gasteiger partial charge in [0.25, 0.3) is 10.1 Å². The minimum Gasteiger partial charge on any atom is -0.368 e. The Balaban J connectivity index is 2.08. The van der Waals surface area contributed by atoms with E-state index in [1.165, 1.54) is 17.5 Å². The number of rotatable bonds is 12. The summed E-state index contributed by atoms with van der Waals surface area (Å²) < 4.78 is 44.9. The number of nitrogens with one attached hydrogen (secondary N) is 2. The number of hydrogen-bond donors (Lipinski definition) is 3. The highest BCUT2D eigenvalue weighted by Crippen LogP contribution is 2.37. The second-order valence-electron chi connectivity index (χ2n) is 8.03. The Morgan fingerprint density at radius 2 is 1.84 bits per heavy atom. The number of azo groups is 1. The maximum atomic E-state index is 11.8. The quantitative estimate of drug-likeness (QED) is 0.152. The van der Waals surface area contributed by atoms with Crippen LogP contribution in [0.1, 0.15) is 30.9 Å². The monoisotopic (exact) mass is 540 g/mol. The van der Waals surface area contributed by atoms with Gasteiger partial charge in [-0.15, -0.1) is 10.2 Å². The first-order valence-corrected chi connectivity index (χ1v) is 14.4. The Morgan fingerprint density at radius 1 is 1.14 bits per heavy atom. The van der Waals surface area contributed by atoms with Gasteiger partial charge >= 0.3 is 0 Å². The third-order valence-electron chi connectivity index (χ3n) is 5.53. The minimum absolute atomic E-state index is 0.221. The predicted octanol–water partition coefficient (Wildman–Crippen LogP) is 5.59. The van der Waals surface area contributed by atoms with Crippen LogP contribution in [0.2, 0.25) is 0 Å². The number of unbranched alkanes of at least 4 members (excludes halogenated alkanes) is 1. The molecule has 0 aliphatic heterocycles. The van der Waals surface area contributed by atoms with E-state index in [4.69, 9.17) is 0 Å². The molecule has 0 saturated heterocycles. The van der Waals surface area contributed by atoms with Crippen LogP contribution in [-0.4, -0.2) is 41.0 Å². The molecule has 3 N–H and O–H groups in total. The van der Waals surface area contributed by atoms with E-state index in [2.05, 4.69) is 45.4 Å². The Labute approximate surface area is 218 Å². The van der Waals surface area contributed by atoms with E-state index in [0.717, 1.165) is 12.8 Å². The topological polar surface area (TPSA) is 157 Å². The molecule has 0 aliphatic carbocycles. The number of pyridine rings is 1. The Kier molecular flexibility index (Phi) is 9.46. The SMILES string of the molecule is C=CS(=O)CCNc1nc(NCCCC)c(N=Nc2ccc(S(=O)(=O)O)c3ccccc23)c(C)c1C#N. The molecule has 0 radical (unpaired) electrons. The fraction of sp³-hybridized carbons (Fsp3) is 0.280. The van der Waals surface area contributed by atoms with Crippen LogP contribution in [0.3, 0.4) is 0 Å².